The number of benzene rings is 2. The molecule has 9 heteroatoms. The number of nitrogens with one attached hydrogen (secondary N) is 1. The molecular formula is C35H46ClN3O4Si. The van der Waals surface area contributed by atoms with Crippen LogP contribution in [0.4, 0.5) is 0 Å². The van der Waals surface area contributed by atoms with Crippen LogP contribution in [0.1, 0.15) is 86.7 Å². The van der Waals surface area contributed by atoms with Crippen molar-refractivity contribution >= 4 is 25.8 Å². The zero-order valence-electron chi connectivity index (χ0n) is 26.7. The van der Waals surface area contributed by atoms with Crippen LogP contribution in [0.2, 0.25) is 23.2 Å². The Hall–Kier alpha value is -2.94. The Balaban J connectivity index is 1.46. The van der Waals surface area contributed by atoms with E-state index in [0.29, 0.717) is 30.4 Å². The first kappa shape index (κ1) is 32.5. The van der Waals surface area contributed by atoms with Gasteiger partial charge in [0.1, 0.15) is 12.4 Å². The second-order valence-corrected chi connectivity index (χ2v) is 19.2. The van der Waals surface area contributed by atoms with Crippen LogP contribution in [0.3, 0.4) is 0 Å². The molecule has 1 N–H and O–H groups in total. The highest BCUT2D eigenvalue weighted by atomic mass is 35.5. The van der Waals surface area contributed by atoms with E-state index in [0.717, 1.165) is 44.1 Å². The first-order valence-electron chi connectivity index (χ1n) is 15.9. The number of carbonyl (C=O) groups excluding carboxylic acids is 1. The van der Waals surface area contributed by atoms with E-state index in [1.807, 2.05) is 47.4 Å². The molecule has 0 spiro atoms. The Morgan fingerprint density at radius 3 is 2.34 bits per heavy atom. The Morgan fingerprint density at radius 2 is 1.73 bits per heavy atom. The average molecular weight is 636 g/mol. The molecule has 0 atom stereocenters. The standard InChI is InChI=1S/C35H46ClN3O4Si/c1-34(2,3)44(4,5)43-22-21-39(28-17-18-28)33(41)30-31(42-24-25-11-7-6-8-12-25)32(40)38-29(37-30)23-35(19-9-10-20-35)26-13-15-27(36)16-14-26/h6-8,11-16,28H,9-10,17-24H2,1-5H3,(H,37,38,40). The van der Waals surface area contributed by atoms with E-state index in [2.05, 4.69) is 51.0 Å². The van der Waals surface area contributed by atoms with Crippen molar-refractivity contribution in [3.05, 3.63) is 92.6 Å². The van der Waals surface area contributed by atoms with Crippen LogP contribution in [0.15, 0.2) is 59.4 Å². The highest BCUT2D eigenvalue weighted by Crippen LogP contribution is 2.43. The van der Waals surface area contributed by atoms with Gasteiger partial charge in [-0.15, -0.1) is 0 Å². The van der Waals surface area contributed by atoms with Gasteiger partial charge < -0.3 is 19.0 Å². The lowest BCUT2D eigenvalue weighted by Crippen LogP contribution is -2.44. The molecule has 2 aliphatic carbocycles. The molecule has 2 fully saturated rings. The molecule has 1 amide bonds. The number of aromatic amines is 1. The molecular weight excluding hydrogens is 590 g/mol. The normalized spacial score (nSPS) is 16.6. The van der Waals surface area contributed by atoms with Gasteiger partial charge in [0.2, 0.25) is 5.75 Å². The first-order valence-corrected chi connectivity index (χ1v) is 19.2. The van der Waals surface area contributed by atoms with Gasteiger partial charge in [0.25, 0.3) is 11.5 Å². The maximum atomic E-state index is 14.3. The molecule has 1 aromatic heterocycles. The van der Waals surface area contributed by atoms with Crippen LogP contribution in [-0.4, -0.2) is 48.3 Å². The summed E-state index contributed by atoms with van der Waals surface area (Å²) in [5.74, 6) is 0.217. The lowest BCUT2D eigenvalue weighted by Gasteiger charge is -2.37. The Labute approximate surface area is 267 Å². The number of H-pyrrole nitrogens is 1. The molecule has 44 heavy (non-hydrogen) atoms. The third-order valence-electron chi connectivity index (χ3n) is 9.73. The number of nitrogens with zero attached hydrogens (tertiary/aromatic N) is 2. The van der Waals surface area contributed by atoms with E-state index in [1.54, 1.807) is 0 Å². The fraction of sp³-hybridized carbons (Fsp3) is 0.514. The largest absolute Gasteiger partial charge is 0.481 e. The van der Waals surface area contributed by atoms with Crippen molar-refractivity contribution in [2.24, 2.45) is 0 Å². The van der Waals surface area contributed by atoms with E-state index in [4.69, 9.17) is 25.7 Å². The minimum absolute atomic E-state index is 0.0227. The minimum Gasteiger partial charge on any atom is -0.481 e. The summed E-state index contributed by atoms with van der Waals surface area (Å²) >= 11 is 6.21. The van der Waals surface area contributed by atoms with Gasteiger partial charge in [0, 0.05) is 29.4 Å². The lowest BCUT2D eigenvalue weighted by molar-refractivity contribution is 0.0698. The minimum atomic E-state index is -1.99. The fourth-order valence-electron chi connectivity index (χ4n) is 5.93. The van der Waals surface area contributed by atoms with Gasteiger partial charge in [-0.25, -0.2) is 4.98 Å². The summed E-state index contributed by atoms with van der Waals surface area (Å²) in [6.07, 6.45) is 6.55. The molecule has 0 aliphatic heterocycles. The van der Waals surface area contributed by atoms with Gasteiger partial charge >= 0.3 is 0 Å². The zero-order valence-corrected chi connectivity index (χ0v) is 28.5. The number of hydrogen-bond acceptors (Lipinski definition) is 5. The van der Waals surface area contributed by atoms with E-state index < -0.39 is 13.9 Å². The number of amides is 1. The molecule has 2 aliphatic rings. The van der Waals surface area contributed by atoms with Crippen molar-refractivity contribution in [3.63, 3.8) is 0 Å². The van der Waals surface area contributed by atoms with Crippen molar-refractivity contribution in [1.29, 1.82) is 0 Å². The predicted octanol–water partition coefficient (Wildman–Crippen LogP) is 7.68. The lowest BCUT2D eigenvalue weighted by atomic mass is 9.76. The second kappa shape index (κ2) is 13.2. The first-order chi connectivity index (χ1) is 20.9. The molecule has 2 aromatic carbocycles. The predicted molar refractivity (Wildman–Crippen MR) is 178 cm³/mol. The summed E-state index contributed by atoms with van der Waals surface area (Å²) in [5, 5.41) is 0.766. The molecule has 236 valence electrons. The van der Waals surface area contributed by atoms with Crippen LogP contribution in [0.25, 0.3) is 0 Å². The summed E-state index contributed by atoms with van der Waals surface area (Å²) in [7, 11) is -1.99. The number of carbonyl (C=O) groups is 1. The van der Waals surface area contributed by atoms with Gasteiger partial charge in [0.15, 0.2) is 14.0 Å². The highest BCUT2D eigenvalue weighted by molar-refractivity contribution is 6.74. The third kappa shape index (κ3) is 7.46. The molecule has 0 unspecified atom stereocenters. The Kier molecular flexibility index (Phi) is 9.73. The SMILES string of the molecule is CC(C)(C)[Si](C)(C)OCCN(C(=O)c1nc(CC2(c3ccc(Cl)cc3)CCCC2)[nH]c(=O)c1OCc1ccccc1)C1CC1. The van der Waals surface area contributed by atoms with Gasteiger partial charge in [-0.2, -0.15) is 0 Å². The quantitative estimate of drug-likeness (QED) is 0.206. The van der Waals surface area contributed by atoms with E-state index in [-0.39, 0.29) is 40.5 Å². The molecule has 0 radical (unpaired) electrons. The maximum Gasteiger partial charge on any atom is 0.294 e. The number of rotatable bonds is 12. The molecule has 2 saturated carbocycles. The average Bonchev–Trinajstić information content (AvgIpc) is 3.71. The monoisotopic (exact) mass is 635 g/mol. The summed E-state index contributed by atoms with van der Waals surface area (Å²) in [4.78, 5) is 37.7. The van der Waals surface area contributed by atoms with Crippen molar-refractivity contribution < 1.29 is 14.0 Å². The van der Waals surface area contributed by atoms with Crippen LogP contribution in [0, 0.1) is 0 Å². The molecule has 0 bridgehead atoms. The maximum absolute atomic E-state index is 14.3. The van der Waals surface area contributed by atoms with Crippen LogP contribution >= 0.6 is 11.6 Å². The van der Waals surface area contributed by atoms with Crippen molar-refractivity contribution in [2.45, 2.75) is 102 Å². The third-order valence-corrected chi connectivity index (χ3v) is 14.5. The molecule has 0 saturated heterocycles. The molecule has 1 heterocycles. The molecule has 5 rings (SSSR count). The van der Waals surface area contributed by atoms with Gasteiger partial charge in [-0.1, -0.05) is 87.7 Å². The molecule has 3 aromatic rings. The van der Waals surface area contributed by atoms with Crippen molar-refractivity contribution in [3.8, 4) is 5.75 Å². The number of ether oxygens (including phenoxy) is 1. The Morgan fingerprint density at radius 1 is 1.07 bits per heavy atom. The summed E-state index contributed by atoms with van der Waals surface area (Å²) in [6.45, 7) is 12.1. The Bertz CT molecular complexity index is 1490. The smallest absolute Gasteiger partial charge is 0.294 e. The summed E-state index contributed by atoms with van der Waals surface area (Å²) in [6, 6.07) is 17.7. The van der Waals surface area contributed by atoms with Crippen molar-refractivity contribution in [1.82, 2.24) is 14.9 Å². The summed E-state index contributed by atoms with van der Waals surface area (Å²) in [5.41, 5.74) is 1.57. The number of aromatic nitrogens is 2. The van der Waals surface area contributed by atoms with Crippen LogP contribution < -0.4 is 10.3 Å². The topological polar surface area (TPSA) is 84.5 Å². The van der Waals surface area contributed by atoms with Gasteiger partial charge in [-0.05, 0) is 67.1 Å². The van der Waals surface area contributed by atoms with E-state index in [9.17, 15) is 9.59 Å². The molecule has 7 nitrogen and oxygen atoms in total. The van der Waals surface area contributed by atoms with Gasteiger partial charge in [-0.3, -0.25) is 9.59 Å². The van der Waals surface area contributed by atoms with Crippen molar-refractivity contribution in [2.75, 3.05) is 13.2 Å². The number of halogens is 1. The second-order valence-electron chi connectivity index (χ2n) is 14.0. The fourth-order valence-corrected chi connectivity index (χ4v) is 7.09. The summed E-state index contributed by atoms with van der Waals surface area (Å²) < 4.78 is 12.5. The number of hydrogen-bond donors (Lipinski definition) is 1. The zero-order chi connectivity index (χ0) is 31.5. The van der Waals surface area contributed by atoms with E-state index in [1.165, 1.54) is 5.56 Å². The van der Waals surface area contributed by atoms with Crippen LogP contribution in [0.5, 0.6) is 5.75 Å². The van der Waals surface area contributed by atoms with Gasteiger partial charge in [0.05, 0.1) is 6.61 Å². The van der Waals surface area contributed by atoms with Crippen LogP contribution in [-0.2, 0) is 22.9 Å². The van der Waals surface area contributed by atoms with E-state index >= 15 is 0 Å². The highest BCUT2D eigenvalue weighted by Gasteiger charge is 2.40.